The topological polar surface area (TPSA) is 60.0 Å². The summed E-state index contributed by atoms with van der Waals surface area (Å²) in [4.78, 5) is 5.00. The van der Waals surface area contributed by atoms with E-state index in [1.165, 1.54) is 0 Å². The average molecular weight is 456 g/mol. The molecule has 2 aromatic heterocycles. The second-order valence-corrected chi connectivity index (χ2v) is 8.07. The average Bonchev–Trinajstić information content (AvgIpc) is 3.39. The fourth-order valence-electron chi connectivity index (χ4n) is 3.94. The van der Waals surface area contributed by atoms with E-state index in [4.69, 9.17) is 14.5 Å². The number of para-hydroxylation sites is 2. The minimum Gasteiger partial charge on any atom is -0.457 e. The van der Waals surface area contributed by atoms with Crippen molar-refractivity contribution in [2.45, 2.75) is 0 Å². The number of nitrogens with zero attached hydrogens (tertiary/aromatic N) is 2. The zero-order valence-electron chi connectivity index (χ0n) is 18.8. The largest absolute Gasteiger partial charge is 0.457 e. The molecule has 6 aromatic rings. The van der Waals surface area contributed by atoms with E-state index in [1.807, 2.05) is 121 Å². The minimum absolute atomic E-state index is 0.772. The molecule has 4 aromatic carbocycles. The fraction of sp³-hybridized carbons (Fsp3) is 0. The molecule has 0 saturated carbocycles. The summed E-state index contributed by atoms with van der Waals surface area (Å²) in [6, 6.07) is 37.4. The van der Waals surface area contributed by atoms with Gasteiger partial charge in [-0.15, -0.1) is 0 Å². The van der Waals surface area contributed by atoms with Gasteiger partial charge in [0.15, 0.2) is 0 Å². The Balaban J connectivity index is 1.30. The smallest absolute Gasteiger partial charge is 0.127 e. The molecule has 0 aliphatic carbocycles. The van der Waals surface area contributed by atoms with Crippen LogP contribution in [-0.2, 0) is 0 Å². The van der Waals surface area contributed by atoms with Crippen LogP contribution in [-0.4, -0.2) is 15.2 Å². The number of H-pyrrole nitrogens is 1. The molecule has 0 aliphatic heterocycles. The number of ether oxygens (including phenoxy) is 2. The van der Waals surface area contributed by atoms with Crippen LogP contribution in [0.15, 0.2) is 121 Å². The van der Waals surface area contributed by atoms with Crippen molar-refractivity contribution >= 4 is 10.9 Å². The third kappa shape index (κ3) is 4.48. The van der Waals surface area contributed by atoms with E-state index < -0.39 is 0 Å². The van der Waals surface area contributed by atoms with Crippen molar-refractivity contribution in [1.82, 2.24) is 15.2 Å². The number of aromatic amines is 1. The first kappa shape index (κ1) is 20.7. The first-order chi connectivity index (χ1) is 17.3. The van der Waals surface area contributed by atoms with Gasteiger partial charge in [-0.2, -0.15) is 5.10 Å². The number of fused-ring (bicyclic) bond motifs is 1. The first-order valence-corrected chi connectivity index (χ1v) is 11.3. The monoisotopic (exact) mass is 455 g/mol. The highest BCUT2D eigenvalue weighted by molar-refractivity contribution is 5.94. The predicted octanol–water partition coefficient (Wildman–Crippen LogP) is 7.88. The van der Waals surface area contributed by atoms with Gasteiger partial charge in [0.05, 0.1) is 23.1 Å². The van der Waals surface area contributed by atoms with Gasteiger partial charge in [0.1, 0.15) is 23.0 Å². The van der Waals surface area contributed by atoms with E-state index in [0.29, 0.717) is 0 Å². The summed E-state index contributed by atoms with van der Waals surface area (Å²) in [7, 11) is 0. The number of pyridine rings is 1. The summed E-state index contributed by atoms with van der Waals surface area (Å²) < 4.78 is 11.9. The van der Waals surface area contributed by atoms with Crippen LogP contribution in [0.25, 0.3) is 33.4 Å². The Bertz CT molecular complexity index is 1560. The molecule has 0 bridgehead atoms. The van der Waals surface area contributed by atoms with E-state index in [0.717, 1.165) is 56.4 Å². The molecular formula is C30H21N3O2. The van der Waals surface area contributed by atoms with Crippen molar-refractivity contribution < 1.29 is 9.47 Å². The number of nitrogens with one attached hydrogen (secondary N) is 1. The molecule has 0 spiro atoms. The standard InChI is InChI=1S/C30H21N3O2/c1-3-7-23(8-4-1)34-25-15-11-21(12-16-25)28-19-29-27(20-31-33-29)30(32-28)22-13-17-26(18-14-22)35-24-9-5-2-6-10-24/h1-20H,(H,31,33). The quantitative estimate of drug-likeness (QED) is 0.277. The third-order valence-electron chi connectivity index (χ3n) is 5.67. The highest BCUT2D eigenvalue weighted by Crippen LogP contribution is 2.33. The molecule has 35 heavy (non-hydrogen) atoms. The zero-order valence-corrected chi connectivity index (χ0v) is 18.8. The van der Waals surface area contributed by atoms with Gasteiger partial charge < -0.3 is 9.47 Å². The van der Waals surface area contributed by atoms with Crippen LogP contribution in [0, 0.1) is 0 Å². The number of rotatable bonds is 6. The number of benzene rings is 4. The summed E-state index contributed by atoms with van der Waals surface area (Å²) in [5, 5.41) is 8.30. The Morgan fingerprint density at radius 1 is 0.543 bits per heavy atom. The van der Waals surface area contributed by atoms with Crippen molar-refractivity contribution in [3.8, 4) is 45.5 Å². The van der Waals surface area contributed by atoms with Crippen molar-refractivity contribution in [2.24, 2.45) is 0 Å². The maximum atomic E-state index is 5.94. The first-order valence-electron chi connectivity index (χ1n) is 11.3. The fourth-order valence-corrected chi connectivity index (χ4v) is 3.94. The molecule has 0 unspecified atom stereocenters. The van der Waals surface area contributed by atoms with Gasteiger partial charge in [-0.3, -0.25) is 5.10 Å². The summed E-state index contributed by atoms with van der Waals surface area (Å²) in [6.45, 7) is 0. The third-order valence-corrected chi connectivity index (χ3v) is 5.67. The summed E-state index contributed by atoms with van der Waals surface area (Å²) in [5.41, 5.74) is 4.63. The molecule has 0 radical (unpaired) electrons. The number of hydrogen-bond donors (Lipinski definition) is 1. The van der Waals surface area contributed by atoms with Gasteiger partial charge in [0.2, 0.25) is 0 Å². The van der Waals surface area contributed by atoms with Crippen LogP contribution < -0.4 is 9.47 Å². The van der Waals surface area contributed by atoms with E-state index in [2.05, 4.69) is 10.2 Å². The molecule has 5 heteroatoms. The normalized spacial score (nSPS) is 10.9. The summed E-state index contributed by atoms with van der Waals surface area (Å²) in [5.74, 6) is 3.15. The highest BCUT2D eigenvalue weighted by Gasteiger charge is 2.12. The van der Waals surface area contributed by atoms with Crippen LogP contribution in [0.2, 0.25) is 0 Å². The lowest BCUT2D eigenvalue weighted by atomic mass is 10.0. The number of aromatic nitrogens is 3. The molecular weight excluding hydrogens is 434 g/mol. The Morgan fingerprint density at radius 2 is 1.06 bits per heavy atom. The molecule has 2 heterocycles. The lowest BCUT2D eigenvalue weighted by Gasteiger charge is -2.10. The molecule has 0 aliphatic rings. The lowest BCUT2D eigenvalue weighted by Crippen LogP contribution is -1.91. The van der Waals surface area contributed by atoms with Gasteiger partial charge in [-0.05, 0) is 78.9 Å². The van der Waals surface area contributed by atoms with Gasteiger partial charge in [-0.25, -0.2) is 4.98 Å². The van der Waals surface area contributed by atoms with E-state index in [1.54, 1.807) is 0 Å². The van der Waals surface area contributed by atoms with E-state index in [9.17, 15) is 0 Å². The Morgan fingerprint density at radius 3 is 1.63 bits per heavy atom. The van der Waals surface area contributed by atoms with Gasteiger partial charge in [-0.1, -0.05) is 36.4 Å². The van der Waals surface area contributed by atoms with Crippen molar-refractivity contribution in [3.63, 3.8) is 0 Å². The molecule has 0 amide bonds. The Kier molecular flexibility index (Phi) is 5.41. The van der Waals surface area contributed by atoms with Crippen LogP contribution in [0.3, 0.4) is 0 Å². The molecule has 6 rings (SSSR count). The summed E-state index contributed by atoms with van der Waals surface area (Å²) >= 11 is 0. The van der Waals surface area contributed by atoms with Crippen LogP contribution >= 0.6 is 0 Å². The maximum absolute atomic E-state index is 5.94. The minimum atomic E-state index is 0.772. The van der Waals surface area contributed by atoms with Crippen molar-refractivity contribution in [1.29, 1.82) is 0 Å². The van der Waals surface area contributed by atoms with E-state index in [-0.39, 0.29) is 0 Å². The second-order valence-electron chi connectivity index (χ2n) is 8.07. The Labute approximate surface area is 202 Å². The molecule has 0 saturated heterocycles. The van der Waals surface area contributed by atoms with Crippen molar-refractivity contribution in [2.75, 3.05) is 0 Å². The lowest BCUT2D eigenvalue weighted by molar-refractivity contribution is 0.482. The van der Waals surface area contributed by atoms with Crippen molar-refractivity contribution in [3.05, 3.63) is 121 Å². The van der Waals surface area contributed by atoms with Crippen LogP contribution in [0.5, 0.6) is 23.0 Å². The molecule has 5 nitrogen and oxygen atoms in total. The molecule has 0 fully saturated rings. The summed E-state index contributed by atoms with van der Waals surface area (Å²) in [6.07, 6.45) is 1.81. The highest BCUT2D eigenvalue weighted by atomic mass is 16.5. The molecule has 1 N–H and O–H groups in total. The van der Waals surface area contributed by atoms with Crippen LogP contribution in [0.1, 0.15) is 0 Å². The van der Waals surface area contributed by atoms with Gasteiger partial charge in [0.25, 0.3) is 0 Å². The van der Waals surface area contributed by atoms with Gasteiger partial charge >= 0.3 is 0 Å². The second kappa shape index (κ2) is 9.15. The van der Waals surface area contributed by atoms with Crippen LogP contribution in [0.4, 0.5) is 0 Å². The molecule has 0 atom stereocenters. The Hall–Kier alpha value is -4.90. The predicted molar refractivity (Wildman–Crippen MR) is 138 cm³/mol. The SMILES string of the molecule is c1ccc(Oc2ccc(-c3cc4[nH]ncc4c(-c4ccc(Oc5ccccc5)cc4)n3)cc2)cc1. The van der Waals surface area contributed by atoms with Gasteiger partial charge in [0, 0.05) is 16.5 Å². The zero-order chi connectivity index (χ0) is 23.5. The van der Waals surface area contributed by atoms with E-state index >= 15 is 0 Å². The number of hydrogen-bond acceptors (Lipinski definition) is 4. The molecule has 168 valence electrons. The maximum Gasteiger partial charge on any atom is 0.127 e.